The van der Waals surface area contributed by atoms with Crippen molar-refractivity contribution in [3.63, 3.8) is 0 Å². The molecule has 0 bridgehead atoms. The third-order valence-corrected chi connectivity index (χ3v) is 5.96. The molecule has 0 saturated carbocycles. The summed E-state index contributed by atoms with van der Waals surface area (Å²) in [6.45, 7) is 7.66. The highest BCUT2D eigenvalue weighted by molar-refractivity contribution is 5.98. The van der Waals surface area contributed by atoms with Gasteiger partial charge in [-0.2, -0.15) is 0 Å². The molecule has 0 saturated heterocycles. The lowest BCUT2D eigenvalue weighted by Crippen LogP contribution is -2.53. The molecule has 3 heterocycles. The highest BCUT2D eigenvalue weighted by Crippen LogP contribution is 2.28. The third-order valence-electron chi connectivity index (χ3n) is 5.96. The van der Waals surface area contributed by atoms with Gasteiger partial charge in [0.15, 0.2) is 5.69 Å². The topological polar surface area (TPSA) is 105 Å². The number of fused-ring (bicyclic) bond motifs is 1. The average Bonchev–Trinajstić information content (AvgIpc) is 3.05. The SMILES string of the molecule is CNC(=O)C(NC(=O)c1nc(-c2ccccc2)n2c1CN(c1ncccn1)CCC2)C(C)(C)C. The van der Waals surface area contributed by atoms with Crippen molar-refractivity contribution in [3.8, 4) is 11.4 Å². The van der Waals surface area contributed by atoms with Crippen LogP contribution in [0.2, 0.25) is 0 Å². The van der Waals surface area contributed by atoms with Gasteiger partial charge in [-0.25, -0.2) is 15.0 Å². The molecule has 0 fully saturated rings. The van der Waals surface area contributed by atoms with E-state index in [0.29, 0.717) is 24.7 Å². The Hall–Kier alpha value is -3.75. The van der Waals surface area contributed by atoms with Crippen LogP contribution in [0.1, 0.15) is 43.4 Å². The molecule has 9 nitrogen and oxygen atoms in total. The molecule has 34 heavy (non-hydrogen) atoms. The van der Waals surface area contributed by atoms with Crippen molar-refractivity contribution in [2.24, 2.45) is 5.41 Å². The first kappa shape index (κ1) is 23.4. The van der Waals surface area contributed by atoms with Crippen LogP contribution in [0.5, 0.6) is 0 Å². The molecule has 2 amide bonds. The van der Waals surface area contributed by atoms with E-state index in [1.54, 1.807) is 25.5 Å². The van der Waals surface area contributed by atoms with Gasteiger partial charge in [-0.15, -0.1) is 0 Å². The van der Waals surface area contributed by atoms with Gasteiger partial charge in [0.1, 0.15) is 11.9 Å². The molecule has 0 aliphatic carbocycles. The van der Waals surface area contributed by atoms with Crippen molar-refractivity contribution in [2.75, 3.05) is 18.5 Å². The molecule has 0 spiro atoms. The van der Waals surface area contributed by atoms with E-state index in [9.17, 15) is 9.59 Å². The van der Waals surface area contributed by atoms with Crippen LogP contribution < -0.4 is 15.5 Å². The van der Waals surface area contributed by atoms with Gasteiger partial charge in [0.25, 0.3) is 5.91 Å². The van der Waals surface area contributed by atoms with E-state index in [4.69, 9.17) is 4.98 Å². The van der Waals surface area contributed by atoms with Gasteiger partial charge in [-0.3, -0.25) is 9.59 Å². The van der Waals surface area contributed by atoms with Crippen molar-refractivity contribution in [1.29, 1.82) is 0 Å². The van der Waals surface area contributed by atoms with Gasteiger partial charge in [-0.05, 0) is 17.9 Å². The summed E-state index contributed by atoms with van der Waals surface area (Å²) in [4.78, 5) is 41.8. The van der Waals surface area contributed by atoms with E-state index in [1.165, 1.54) is 0 Å². The van der Waals surface area contributed by atoms with Gasteiger partial charge in [0, 0.05) is 38.1 Å². The highest BCUT2D eigenvalue weighted by Gasteiger charge is 2.35. The minimum absolute atomic E-state index is 0.242. The molecular formula is C25H31N7O2. The fourth-order valence-electron chi connectivity index (χ4n) is 4.20. The smallest absolute Gasteiger partial charge is 0.272 e. The molecule has 1 aliphatic heterocycles. The number of imidazole rings is 1. The summed E-state index contributed by atoms with van der Waals surface area (Å²) < 4.78 is 2.11. The quantitative estimate of drug-likeness (QED) is 0.605. The zero-order valence-electron chi connectivity index (χ0n) is 20.1. The summed E-state index contributed by atoms with van der Waals surface area (Å²) in [5.74, 6) is 0.741. The molecule has 2 aromatic heterocycles. The van der Waals surface area contributed by atoms with Crippen molar-refractivity contribution in [2.45, 2.75) is 46.3 Å². The number of hydrogen-bond donors (Lipinski definition) is 2. The number of amides is 2. The molecule has 4 rings (SSSR count). The fourth-order valence-corrected chi connectivity index (χ4v) is 4.20. The number of benzene rings is 1. The first-order valence-corrected chi connectivity index (χ1v) is 11.5. The summed E-state index contributed by atoms with van der Waals surface area (Å²) in [5.41, 5.74) is 1.56. The molecule has 0 radical (unpaired) electrons. The second-order valence-corrected chi connectivity index (χ2v) is 9.46. The Morgan fingerprint density at radius 3 is 2.38 bits per heavy atom. The summed E-state index contributed by atoms with van der Waals surface area (Å²) in [5, 5.41) is 5.59. The van der Waals surface area contributed by atoms with Crippen LogP contribution in [0.15, 0.2) is 48.8 Å². The molecule has 178 valence electrons. The van der Waals surface area contributed by atoms with Crippen LogP contribution in [-0.2, 0) is 17.9 Å². The second-order valence-electron chi connectivity index (χ2n) is 9.46. The fraction of sp³-hybridized carbons (Fsp3) is 0.400. The van der Waals surface area contributed by atoms with E-state index in [0.717, 1.165) is 30.0 Å². The van der Waals surface area contributed by atoms with E-state index in [-0.39, 0.29) is 11.8 Å². The lowest BCUT2D eigenvalue weighted by molar-refractivity contribution is -0.124. The summed E-state index contributed by atoms with van der Waals surface area (Å²) in [7, 11) is 1.57. The Labute approximate surface area is 199 Å². The molecule has 1 atom stereocenters. The number of anilines is 1. The van der Waals surface area contributed by atoms with Gasteiger partial charge in [0.2, 0.25) is 11.9 Å². The van der Waals surface area contributed by atoms with Crippen LogP contribution in [-0.4, -0.2) is 51.0 Å². The maximum Gasteiger partial charge on any atom is 0.272 e. The van der Waals surface area contributed by atoms with Crippen LogP contribution in [0, 0.1) is 5.41 Å². The third kappa shape index (κ3) is 4.78. The molecule has 3 aromatic rings. The monoisotopic (exact) mass is 461 g/mol. The van der Waals surface area contributed by atoms with Crippen molar-refractivity contribution in [3.05, 3.63) is 60.2 Å². The lowest BCUT2D eigenvalue weighted by Gasteiger charge is -2.29. The predicted octanol–water partition coefficient (Wildman–Crippen LogP) is 2.64. The minimum Gasteiger partial charge on any atom is -0.357 e. The predicted molar refractivity (Wildman–Crippen MR) is 130 cm³/mol. The number of hydrogen-bond acceptors (Lipinski definition) is 6. The van der Waals surface area contributed by atoms with Crippen molar-refractivity contribution >= 4 is 17.8 Å². The van der Waals surface area contributed by atoms with Crippen molar-refractivity contribution < 1.29 is 9.59 Å². The minimum atomic E-state index is -0.707. The van der Waals surface area contributed by atoms with E-state index >= 15 is 0 Å². The number of carbonyl (C=O) groups excluding carboxylic acids is 2. The number of likely N-dealkylation sites (N-methyl/N-ethyl adjacent to an activating group) is 1. The molecule has 1 unspecified atom stereocenters. The van der Waals surface area contributed by atoms with Crippen LogP contribution in [0.3, 0.4) is 0 Å². The number of nitrogens with one attached hydrogen (secondary N) is 2. The number of carbonyl (C=O) groups is 2. The summed E-state index contributed by atoms with van der Waals surface area (Å²) in [6, 6.07) is 10.9. The molecule has 2 N–H and O–H groups in total. The van der Waals surface area contributed by atoms with E-state index in [2.05, 4.69) is 30.1 Å². The second kappa shape index (κ2) is 9.62. The van der Waals surface area contributed by atoms with Crippen LogP contribution >= 0.6 is 0 Å². The molecule has 1 aromatic carbocycles. The first-order valence-electron chi connectivity index (χ1n) is 11.5. The van der Waals surface area contributed by atoms with Gasteiger partial charge in [0.05, 0.1) is 12.2 Å². The normalized spacial score (nSPS) is 14.6. The highest BCUT2D eigenvalue weighted by atomic mass is 16.2. The summed E-state index contributed by atoms with van der Waals surface area (Å²) >= 11 is 0. The number of aromatic nitrogens is 4. The largest absolute Gasteiger partial charge is 0.357 e. The van der Waals surface area contributed by atoms with E-state index in [1.807, 2.05) is 51.1 Å². The van der Waals surface area contributed by atoms with Crippen molar-refractivity contribution in [1.82, 2.24) is 30.2 Å². The number of nitrogens with zero attached hydrogens (tertiary/aromatic N) is 5. The number of rotatable bonds is 5. The standard InChI is InChI=1S/C25H31N7O2/c1-25(2,3)20(23(34)26-4)30-22(33)19-18-16-31(24-27-12-8-13-28-24)14-9-15-32(18)21(29-19)17-10-6-5-7-11-17/h5-8,10-13,20H,9,14-16H2,1-4H3,(H,26,34)(H,30,33). The lowest BCUT2D eigenvalue weighted by atomic mass is 9.86. The molecular weight excluding hydrogens is 430 g/mol. The Bertz CT molecular complexity index is 1150. The maximum absolute atomic E-state index is 13.6. The first-order chi connectivity index (χ1) is 16.3. The maximum atomic E-state index is 13.6. The Balaban J connectivity index is 1.77. The molecule has 1 aliphatic rings. The summed E-state index contributed by atoms with van der Waals surface area (Å²) in [6.07, 6.45) is 4.28. The average molecular weight is 462 g/mol. The Kier molecular flexibility index (Phi) is 6.63. The van der Waals surface area contributed by atoms with Crippen LogP contribution in [0.4, 0.5) is 5.95 Å². The Morgan fingerprint density at radius 2 is 1.74 bits per heavy atom. The molecule has 9 heteroatoms. The van der Waals surface area contributed by atoms with Gasteiger partial charge < -0.3 is 20.1 Å². The zero-order chi connectivity index (χ0) is 24.3. The van der Waals surface area contributed by atoms with Gasteiger partial charge >= 0.3 is 0 Å². The van der Waals surface area contributed by atoms with Crippen LogP contribution in [0.25, 0.3) is 11.4 Å². The van der Waals surface area contributed by atoms with E-state index < -0.39 is 11.5 Å². The van der Waals surface area contributed by atoms with Gasteiger partial charge in [-0.1, -0.05) is 51.1 Å². The Morgan fingerprint density at radius 1 is 1.03 bits per heavy atom. The zero-order valence-corrected chi connectivity index (χ0v) is 20.1.